The van der Waals surface area contributed by atoms with E-state index in [2.05, 4.69) is 36.6 Å². The average Bonchev–Trinajstić information content (AvgIpc) is 2.72. The molecule has 88 valence electrons. The molecule has 17 heavy (non-hydrogen) atoms. The predicted octanol–water partition coefficient (Wildman–Crippen LogP) is 0.909. The van der Waals surface area contributed by atoms with Crippen molar-refractivity contribution in [2.45, 2.75) is 0 Å². The number of nitrogens with zero attached hydrogens (tertiary/aromatic N) is 5. The van der Waals surface area contributed by atoms with E-state index in [0.29, 0.717) is 0 Å². The van der Waals surface area contributed by atoms with Gasteiger partial charge in [0.1, 0.15) is 5.75 Å². The summed E-state index contributed by atoms with van der Waals surface area (Å²) in [5.41, 5.74) is 6.33. The third-order valence-corrected chi connectivity index (χ3v) is 2.59. The number of benzene rings is 1. The van der Waals surface area contributed by atoms with Gasteiger partial charge in [-0.05, 0) is 50.1 Å². The topological polar surface area (TPSA) is 91.2 Å². The molecule has 2 aromatic rings. The molecular weight excluding hydrogens is 288 g/mol. The molecule has 0 aliphatic heterocycles. The van der Waals surface area contributed by atoms with Gasteiger partial charge in [-0.15, -0.1) is 0 Å². The van der Waals surface area contributed by atoms with Crippen LogP contribution in [-0.2, 0) is 0 Å². The van der Waals surface area contributed by atoms with E-state index < -0.39 is 0 Å². The molecule has 0 fully saturated rings. The van der Waals surface area contributed by atoms with E-state index in [-0.39, 0.29) is 5.95 Å². The third kappa shape index (κ3) is 2.59. The monoisotopic (exact) mass is 296 g/mol. The fraction of sp³-hybridized carbons (Fsp3) is 0.111. The molecule has 1 heterocycles. The zero-order valence-electron chi connectivity index (χ0n) is 8.91. The zero-order chi connectivity index (χ0) is 12.3. The Morgan fingerprint density at radius 3 is 2.94 bits per heavy atom. The number of hydrogen-bond donors (Lipinski definition) is 1. The van der Waals surface area contributed by atoms with E-state index in [0.717, 1.165) is 20.6 Å². The van der Waals surface area contributed by atoms with Crippen molar-refractivity contribution in [1.29, 1.82) is 0 Å². The van der Waals surface area contributed by atoms with Gasteiger partial charge in [0.25, 0.3) is 5.95 Å². The molecule has 2 rings (SSSR count). The molecule has 1 aromatic heterocycles. The number of aromatic nitrogens is 4. The van der Waals surface area contributed by atoms with Crippen LogP contribution in [0.15, 0.2) is 27.8 Å². The molecule has 7 nitrogen and oxygen atoms in total. The summed E-state index contributed by atoms with van der Waals surface area (Å²) in [6, 6.07) is 5.55. The van der Waals surface area contributed by atoms with Gasteiger partial charge in [0.05, 0.1) is 17.8 Å². The molecule has 0 amide bonds. The van der Waals surface area contributed by atoms with Gasteiger partial charge in [-0.3, -0.25) is 0 Å². The van der Waals surface area contributed by atoms with Crippen LogP contribution in [0.25, 0.3) is 0 Å². The number of hydrogen-bond acceptors (Lipinski definition) is 6. The fourth-order valence-electron chi connectivity index (χ4n) is 1.16. The molecule has 0 radical (unpaired) electrons. The highest BCUT2D eigenvalue weighted by Crippen LogP contribution is 2.24. The molecule has 0 spiro atoms. The number of ether oxygens (including phenoxy) is 1. The molecule has 1 aromatic carbocycles. The Labute approximate surface area is 105 Å². The summed E-state index contributed by atoms with van der Waals surface area (Å²) in [5, 5.41) is 14.5. The van der Waals surface area contributed by atoms with Crippen LogP contribution in [-0.4, -0.2) is 33.6 Å². The van der Waals surface area contributed by atoms with Crippen molar-refractivity contribution in [1.82, 2.24) is 20.3 Å². The van der Waals surface area contributed by atoms with E-state index in [1.807, 2.05) is 18.2 Å². The van der Waals surface area contributed by atoms with Crippen LogP contribution < -0.4 is 10.5 Å². The second-order valence-corrected chi connectivity index (χ2v) is 3.92. The predicted molar refractivity (Wildman–Crippen MR) is 65.9 cm³/mol. The van der Waals surface area contributed by atoms with Crippen LogP contribution in [0.4, 0.5) is 5.95 Å². The Bertz CT molecular complexity index is 552. The minimum Gasteiger partial charge on any atom is -0.496 e. The lowest BCUT2D eigenvalue weighted by Crippen LogP contribution is -1.99. The van der Waals surface area contributed by atoms with E-state index in [1.165, 1.54) is 0 Å². The highest BCUT2D eigenvalue weighted by atomic mass is 79.9. The van der Waals surface area contributed by atoms with Crippen LogP contribution in [0.5, 0.6) is 5.75 Å². The Hall–Kier alpha value is -1.96. The van der Waals surface area contributed by atoms with Crippen molar-refractivity contribution in [3.05, 3.63) is 28.2 Å². The first-order valence-electron chi connectivity index (χ1n) is 4.62. The molecule has 0 atom stereocenters. The summed E-state index contributed by atoms with van der Waals surface area (Å²) in [6.07, 6.45) is 1.59. The zero-order valence-corrected chi connectivity index (χ0v) is 10.5. The van der Waals surface area contributed by atoms with Crippen LogP contribution in [0.2, 0.25) is 0 Å². The van der Waals surface area contributed by atoms with Gasteiger partial charge in [0.15, 0.2) is 0 Å². The quantitative estimate of drug-likeness (QED) is 0.850. The minimum atomic E-state index is 0.133. The van der Waals surface area contributed by atoms with Crippen molar-refractivity contribution < 1.29 is 4.74 Å². The van der Waals surface area contributed by atoms with Gasteiger partial charge in [-0.2, -0.15) is 5.10 Å². The highest BCUT2D eigenvalue weighted by Gasteiger charge is 2.00. The minimum absolute atomic E-state index is 0.133. The largest absolute Gasteiger partial charge is 0.496 e. The lowest BCUT2D eigenvalue weighted by Gasteiger charge is -2.02. The van der Waals surface area contributed by atoms with E-state index in [1.54, 1.807) is 13.3 Å². The smallest absolute Gasteiger partial charge is 0.263 e. The summed E-state index contributed by atoms with van der Waals surface area (Å²) >= 11 is 3.38. The first-order chi connectivity index (χ1) is 8.20. The van der Waals surface area contributed by atoms with Gasteiger partial charge >= 0.3 is 0 Å². The van der Waals surface area contributed by atoms with Gasteiger partial charge in [0.2, 0.25) is 0 Å². The maximum Gasteiger partial charge on any atom is 0.263 e. The molecule has 0 saturated carbocycles. The highest BCUT2D eigenvalue weighted by molar-refractivity contribution is 9.10. The normalized spacial score (nSPS) is 10.9. The summed E-state index contributed by atoms with van der Waals surface area (Å²) in [5.74, 6) is 0.887. The van der Waals surface area contributed by atoms with Crippen molar-refractivity contribution in [2.24, 2.45) is 5.10 Å². The van der Waals surface area contributed by atoms with Crippen molar-refractivity contribution in [2.75, 3.05) is 12.8 Å². The summed E-state index contributed by atoms with van der Waals surface area (Å²) < 4.78 is 5.96. The maximum absolute atomic E-state index is 5.46. The molecular formula is C9H9BrN6O. The first-order valence-corrected chi connectivity index (χ1v) is 5.42. The van der Waals surface area contributed by atoms with Crippen LogP contribution in [0, 0.1) is 0 Å². The number of tetrazole rings is 1. The first kappa shape index (κ1) is 11.5. The Morgan fingerprint density at radius 1 is 1.53 bits per heavy atom. The lowest BCUT2D eigenvalue weighted by molar-refractivity contribution is 0.412. The number of rotatable bonds is 3. The molecule has 8 heteroatoms. The van der Waals surface area contributed by atoms with Crippen molar-refractivity contribution in [3.8, 4) is 5.75 Å². The van der Waals surface area contributed by atoms with Crippen molar-refractivity contribution >= 4 is 28.1 Å². The molecule has 0 aliphatic rings. The molecule has 0 aliphatic carbocycles. The second kappa shape index (κ2) is 4.91. The van der Waals surface area contributed by atoms with E-state index in [4.69, 9.17) is 10.5 Å². The summed E-state index contributed by atoms with van der Waals surface area (Å²) in [6.45, 7) is 0. The number of anilines is 1. The number of nitrogen functional groups attached to an aromatic ring is 1. The fourth-order valence-corrected chi connectivity index (χ4v) is 1.71. The van der Waals surface area contributed by atoms with Gasteiger partial charge in [-0.25, -0.2) is 0 Å². The SMILES string of the molecule is COc1ccc(/C=N\n2nnnc2N)cc1Br. The molecule has 0 saturated heterocycles. The molecule has 0 unspecified atom stereocenters. The van der Waals surface area contributed by atoms with E-state index >= 15 is 0 Å². The Kier molecular flexibility index (Phi) is 3.33. The van der Waals surface area contributed by atoms with E-state index in [9.17, 15) is 0 Å². The van der Waals surface area contributed by atoms with Crippen LogP contribution in [0.3, 0.4) is 0 Å². The third-order valence-electron chi connectivity index (χ3n) is 1.97. The summed E-state index contributed by atoms with van der Waals surface area (Å²) in [7, 11) is 1.61. The number of halogens is 1. The second-order valence-electron chi connectivity index (χ2n) is 3.07. The molecule has 0 bridgehead atoms. The van der Waals surface area contributed by atoms with Gasteiger partial charge < -0.3 is 10.5 Å². The average molecular weight is 297 g/mol. The standard InChI is InChI=1S/C9H9BrN6O/c1-17-8-3-2-6(4-7(8)10)5-12-16-9(11)13-14-15-16/h2-5H,1H3,(H2,11,13,15)/b12-5-. The van der Waals surface area contributed by atoms with Crippen LogP contribution >= 0.6 is 15.9 Å². The van der Waals surface area contributed by atoms with Gasteiger partial charge in [0, 0.05) is 0 Å². The van der Waals surface area contributed by atoms with Crippen molar-refractivity contribution in [3.63, 3.8) is 0 Å². The van der Waals surface area contributed by atoms with Crippen LogP contribution in [0.1, 0.15) is 5.56 Å². The maximum atomic E-state index is 5.46. The number of methoxy groups -OCH3 is 1. The lowest BCUT2D eigenvalue weighted by atomic mass is 10.2. The Balaban J connectivity index is 2.22. The summed E-state index contributed by atoms with van der Waals surface area (Å²) in [4.78, 5) is 1.14. The number of nitrogens with two attached hydrogens (primary N) is 1. The van der Waals surface area contributed by atoms with Gasteiger partial charge in [-0.1, -0.05) is 9.89 Å². The Morgan fingerprint density at radius 2 is 2.35 bits per heavy atom. The molecule has 2 N–H and O–H groups in total.